The molecule has 0 spiro atoms. The third-order valence-corrected chi connectivity index (χ3v) is 1.42. The van der Waals surface area contributed by atoms with E-state index in [9.17, 15) is 4.79 Å². The largest absolute Gasteiger partial charge is 0.300 e. The van der Waals surface area contributed by atoms with Gasteiger partial charge in [0.05, 0.1) is 3.74 Å². The van der Waals surface area contributed by atoms with Gasteiger partial charge in [0.2, 0.25) is 0 Å². The highest BCUT2D eigenvalue weighted by atomic mass is 79.9. The van der Waals surface area contributed by atoms with Crippen LogP contribution in [-0.2, 0) is 4.79 Å². The molecular formula is C5H8Br2O. The number of alkyl halides is 2. The van der Waals surface area contributed by atoms with Crippen LogP contribution >= 0.6 is 31.9 Å². The number of halogens is 2. The molecule has 0 aliphatic rings. The maximum atomic E-state index is 10.6. The zero-order valence-corrected chi connectivity index (χ0v) is 7.83. The predicted molar refractivity (Wildman–Crippen MR) is 41.6 cm³/mol. The zero-order chi connectivity index (χ0) is 6.57. The molecule has 0 atom stereocenters. The van der Waals surface area contributed by atoms with Crippen molar-refractivity contribution in [3.05, 3.63) is 0 Å². The molecule has 0 aromatic heterocycles. The van der Waals surface area contributed by atoms with E-state index in [4.69, 9.17) is 0 Å². The number of carbonyl (C=O) groups is 1. The van der Waals surface area contributed by atoms with Crippen molar-refractivity contribution in [3.63, 3.8) is 0 Å². The fourth-order valence-electron chi connectivity index (χ4n) is 0.316. The molecule has 0 bridgehead atoms. The van der Waals surface area contributed by atoms with Gasteiger partial charge in [0.25, 0.3) is 0 Å². The molecule has 48 valence electrons. The summed E-state index contributed by atoms with van der Waals surface area (Å²) in [4.78, 5) is 10.6. The average Bonchev–Trinajstić information content (AvgIpc) is 1.65. The van der Waals surface area contributed by atoms with E-state index in [-0.39, 0.29) is 9.52 Å². The van der Waals surface area contributed by atoms with Crippen molar-refractivity contribution in [2.24, 2.45) is 0 Å². The second kappa shape index (κ2) is 4.50. The summed E-state index contributed by atoms with van der Waals surface area (Å²) in [6.07, 6.45) is 1.21. The average molecular weight is 244 g/mol. The van der Waals surface area contributed by atoms with Gasteiger partial charge in [0.15, 0.2) is 0 Å². The van der Waals surface area contributed by atoms with E-state index >= 15 is 0 Å². The van der Waals surface area contributed by atoms with Crippen LogP contribution in [0.1, 0.15) is 19.8 Å². The van der Waals surface area contributed by atoms with Crippen molar-refractivity contribution < 1.29 is 4.79 Å². The van der Waals surface area contributed by atoms with Crippen LogP contribution in [0.3, 0.4) is 0 Å². The van der Waals surface area contributed by atoms with E-state index in [1.165, 1.54) is 0 Å². The fraction of sp³-hybridized carbons (Fsp3) is 0.800. The summed E-state index contributed by atoms with van der Waals surface area (Å²) in [5.74, 6) is 0.281. The van der Waals surface area contributed by atoms with Gasteiger partial charge < -0.3 is 0 Å². The lowest BCUT2D eigenvalue weighted by Gasteiger charge is -1.95. The van der Waals surface area contributed by atoms with Crippen LogP contribution in [0.4, 0.5) is 0 Å². The van der Waals surface area contributed by atoms with Crippen molar-refractivity contribution in [1.82, 2.24) is 0 Å². The highest BCUT2D eigenvalue weighted by Gasteiger charge is 2.02. The summed E-state index contributed by atoms with van der Waals surface area (Å²) in [6.45, 7) is 1.87. The van der Waals surface area contributed by atoms with Crippen LogP contribution in [0.25, 0.3) is 0 Å². The predicted octanol–water partition coefficient (Wildman–Crippen LogP) is 2.47. The summed E-state index contributed by atoms with van der Waals surface area (Å²) in [5, 5.41) is 0. The van der Waals surface area contributed by atoms with Crippen LogP contribution in [0.2, 0.25) is 0 Å². The van der Waals surface area contributed by atoms with Gasteiger partial charge in [0.1, 0.15) is 5.78 Å². The van der Waals surface area contributed by atoms with Crippen molar-refractivity contribution in [3.8, 4) is 0 Å². The van der Waals surface area contributed by atoms with E-state index < -0.39 is 0 Å². The Morgan fingerprint density at radius 2 is 2.12 bits per heavy atom. The Kier molecular flexibility index (Phi) is 4.86. The number of hydrogen-bond donors (Lipinski definition) is 0. The fourth-order valence-corrected chi connectivity index (χ4v) is 1.04. The van der Waals surface area contributed by atoms with Crippen LogP contribution in [-0.4, -0.2) is 9.52 Å². The van der Waals surface area contributed by atoms with Crippen molar-refractivity contribution in [1.29, 1.82) is 0 Å². The first-order valence-corrected chi connectivity index (χ1v) is 4.29. The first-order chi connectivity index (χ1) is 3.66. The summed E-state index contributed by atoms with van der Waals surface area (Å²) in [5.41, 5.74) is 0. The van der Waals surface area contributed by atoms with Gasteiger partial charge in [-0.1, -0.05) is 38.8 Å². The Morgan fingerprint density at radius 1 is 1.62 bits per heavy atom. The van der Waals surface area contributed by atoms with Gasteiger partial charge in [-0.2, -0.15) is 0 Å². The topological polar surface area (TPSA) is 17.1 Å². The maximum absolute atomic E-state index is 10.6. The molecule has 0 aliphatic carbocycles. The van der Waals surface area contributed by atoms with E-state index in [1.807, 2.05) is 6.92 Å². The third-order valence-electron chi connectivity index (χ3n) is 0.776. The Labute approximate surface area is 66.1 Å². The molecule has 0 saturated heterocycles. The van der Waals surface area contributed by atoms with Gasteiger partial charge in [-0.05, 0) is 0 Å². The van der Waals surface area contributed by atoms with Crippen molar-refractivity contribution in [2.45, 2.75) is 23.5 Å². The normalized spacial score (nSPS) is 10.0. The van der Waals surface area contributed by atoms with E-state index in [0.29, 0.717) is 12.8 Å². The minimum atomic E-state index is 0.155. The lowest BCUT2D eigenvalue weighted by Crippen LogP contribution is -1.99. The van der Waals surface area contributed by atoms with Crippen LogP contribution in [0.5, 0.6) is 0 Å². The molecule has 0 rings (SSSR count). The Morgan fingerprint density at radius 3 is 2.25 bits per heavy atom. The number of hydrogen-bond acceptors (Lipinski definition) is 1. The molecular weight excluding hydrogens is 236 g/mol. The maximum Gasteiger partial charge on any atom is 0.134 e. The van der Waals surface area contributed by atoms with Crippen LogP contribution in [0.15, 0.2) is 0 Å². The standard InChI is InChI=1S/C5H8Br2O/c1-2-4(8)3-5(6)7/h5H,2-3H2,1H3. The molecule has 0 aliphatic heterocycles. The molecule has 0 unspecified atom stereocenters. The monoisotopic (exact) mass is 242 g/mol. The van der Waals surface area contributed by atoms with E-state index in [0.717, 1.165) is 0 Å². The third kappa shape index (κ3) is 4.78. The minimum absolute atomic E-state index is 0.155. The number of rotatable bonds is 3. The number of carbonyl (C=O) groups excluding carboxylic acids is 1. The summed E-state index contributed by atoms with van der Waals surface area (Å²) in [7, 11) is 0. The molecule has 0 heterocycles. The zero-order valence-electron chi connectivity index (χ0n) is 4.66. The highest BCUT2D eigenvalue weighted by Crippen LogP contribution is 2.13. The quantitative estimate of drug-likeness (QED) is 0.697. The lowest BCUT2D eigenvalue weighted by atomic mass is 10.2. The Balaban J connectivity index is 3.25. The number of Topliss-reactive ketones (excluding diaryl/α,β-unsaturated/α-hetero) is 1. The molecule has 1 nitrogen and oxygen atoms in total. The molecule has 0 N–H and O–H groups in total. The molecule has 0 saturated carbocycles. The van der Waals surface area contributed by atoms with Gasteiger partial charge in [-0.25, -0.2) is 0 Å². The molecule has 0 aromatic carbocycles. The molecule has 0 aromatic rings. The second-order valence-corrected chi connectivity index (χ2v) is 4.93. The van der Waals surface area contributed by atoms with Crippen molar-refractivity contribution in [2.75, 3.05) is 0 Å². The first-order valence-electron chi connectivity index (χ1n) is 2.46. The highest BCUT2D eigenvalue weighted by molar-refractivity contribution is 9.24. The SMILES string of the molecule is CCC(=O)CC(Br)Br. The Hall–Kier alpha value is 0.630. The first kappa shape index (κ1) is 8.63. The van der Waals surface area contributed by atoms with Gasteiger partial charge in [-0.3, -0.25) is 4.79 Å². The lowest BCUT2D eigenvalue weighted by molar-refractivity contribution is -0.118. The minimum Gasteiger partial charge on any atom is -0.300 e. The van der Waals surface area contributed by atoms with Crippen LogP contribution in [0, 0.1) is 0 Å². The second-order valence-electron chi connectivity index (χ2n) is 1.49. The summed E-state index contributed by atoms with van der Waals surface area (Å²) < 4.78 is 0.155. The molecule has 0 radical (unpaired) electrons. The van der Waals surface area contributed by atoms with Gasteiger partial charge >= 0.3 is 0 Å². The van der Waals surface area contributed by atoms with E-state index in [1.54, 1.807) is 0 Å². The van der Waals surface area contributed by atoms with Gasteiger partial charge in [0, 0.05) is 12.8 Å². The molecule has 0 amide bonds. The molecule has 3 heteroatoms. The molecule has 0 fully saturated rings. The summed E-state index contributed by atoms with van der Waals surface area (Å²) >= 11 is 6.42. The van der Waals surface area contributed by atoms with Crippen molar-refractivity contribution >= 4 is 37.6 Å². The van der Waals surface area contributed by atoms with Crippen LogP contribution < -0.4 is 0 Å². The Bertz CT molecular complexity index is 80.5. The van der Waals surface area contributed by atoms with E-state index in [2.05, 4.69) is 31.9 Å². The molecule has 8 heavy (non-hydrogen) atoms. The smallest absolute Gasteiger partial charge is 0.134 e. The summed E-state index contributed by atoms with van der Waals surface area (Å²) in [6, 6.07) is 0. The van der Waals surface area contributed by atoms with Gasteiger partial charge in [-0.15, -0.1) is 0 Å². The number of ketones is 1.